The number of hydrogen-bond donors (Lipinski definition) is 3. The lowest BCUT2D eigenvalue weighted by atomic mass is 9.42. The van der Waals surface area contributed by atoms with Crippen molar-refractivity contribution in [2.75, 3.05) is 0 Å². The zero-order chi connectivity index (χ0) is 27.9. The monoisotopic (exact) mass is 516 g/mol. The third-order valence-electron chi connectivity index (χ3n) is 11.6. The van der Waals surface area contributed by atoms with Crippen LogP contribution < -0.4 is 0 Å². The van der Waals surface area contributed by atoms with E-state index in [0.29, 0.717) is 36.8 Å². The van der Waals surface area contributed by atoms with Crippen molar-refractivity contribution in [2.45, 2.75) is 106 Å². The number of carbonyl (C=O) groups is 4. The van der Waals surface area contributed by atoms with Gasteiger partial charge in [-0.3, -0.25) is 19.2 Å². The van der Waals surface area contributed by atoms with E-state index in [1.165, 1.54) is 6.92 Å². The summed E-state index contributed by atoms with van der Waals surface area (Å²) in [5, 5.41) is 32.4. The van der Waals surface area contributed by atoms with Gasteiger partial charge in [0.25, 0.3) is 0 Å². The molecule has 0 unspecified atom stereocenters. The first kappa shape index (κ1) is 28.2. The summed E-state index contributed by atoms with van der Waals surface area (Å²) in [6.45, 7) is 13.4. The van der Waals surface area contributed by atoms with Crippen molar-refractivity contribution in [1.82, 2.24) is 0 Å². The first-order chi connectivity index (χ1) is 16.9. The van der Waals surface area contributed by atoms with Crippen LogP contribution in [0.5, 0.6) is 0 Å². The molecular formula is C30H44O7. The maximum atomic E-state index is 14.1. The molecule has 2 saturated carbocycles. The maximum absolute atomic E-state index is 14.1. The van der Waals surface area contributed by atoms with Gasteiger partial charge in [-0.2, -0.15) is 0 Å². The summed E-state index contributed by atoms with van der Waals surface area (Å²) in [4.78, 5) is 50.8. The van der Waals surface area contributed by atoms with E-state index in [0.717, 1.165) is 0 Å². The minimum atomic E-state index is -1.00. The fourth-order valence-electron chi connectivity index (χ4n) is 9.20. The highest BCUT2D eigenvalue weighted by molar-refractivity contribution is 6.01. The van der Waals surface area contributed by atoms with E-state index in [-0.39, 0.29) is 54.4 Å². The van der Waals surface area contributed by atoms with Gasteiger partial charge in [-0.15, -0.1) is 0 Å². The van der Waals surface area contributed by atoms with E-state index in [2.05, 4.69) is 6.92 Å². The predicted molar refractivity (Wildman–Crippen MR) is 137 cm³/mol. The minimum absolute atomic E-state index is 0.0106. The first-order valence-electron chi connectivity index (χ1n) is 13.8. The fourth-order valence-corrected chi connectivity index (χ4v) is 9.20. The van der Waals surface area contributed by atoms with Gasteiger partial charge in [-0.25, -0.2) is 0 Å². The third kappa shape index (κ3) is 3.82. The molecule has 9 atom stereocenters. The smallest absolute Gasteiger partial charge is 0.306 e. The Kier molecular flexibility index (Phi) is 6.72. The van der Waals surface area contributed by atoms with Crippen LogP contribution in [0.2, 0.25) is 0 Å². The van der Waals surface area contributed by atoms with Gasteiger partial charge in [-0.05, 0) is 48.0 Å². The van der Waals surface area contributed by atoms with Crippen molar-refractivity contribution in [3.8, 4) is 0 Å². The number of aliphatic hydroxyl groups excluding tert-OH is 2. The Morgan fingerprint density at radius 1 is 1.00 bits per heavy atom. The Bertz CT molecular complexity index is 1070. The lowest BCUT2D eigenvalue weighted by Gasteiger charge is -2.61. The second-order valence-corrected chi connectivity index (χ2v) is 13.9. The van der Waals surface area contributed by atoms with E-state index in [1.54, 1.807) is 0 Å². The largest absolute Gasteiger partial charge is 0.481 e. The molecule has 37 heavy (non-hydrogen) atoms. The number of fused-ring (bicyclic) bond motifs is 4. The van der Waals surface area contributed by atoms with Gasteiger partial charge in [0.05, 0.1) is 18.1 Å². The van der Waals surface area contributed by atoms with Gasteiger partial charge in [0, 0.05) is 47.5 Å². The highest BCUT2D eigenvalue weighted by atomic mass is 16.4. The average molecular weight is 517 g/mol. The molecule has 0 amide bonds. The van der Waals surface area contributed by atoms with Crippen molar-refractivity contribution in [1.29, 1.82) is 0 Å². The summed E-state index contributed by atoms with van der Waals surface area (Å²) >= 11 is 0. The molecule has 2 fully saturated rings. The molecule has 0 saturated heterocycles. The molecule has 4 aliphatic carbocycles. The number of hydrogen-bond acceptors (Lipinski definition) is 6. The number of aliphatic hydroxyl groups is 2. The molecule has 0 aromatic rings. The average Bonchev–Trinajstić information content (AvgIpc) is 2.99. The SMILES string of the molecule is C[C@H](CC(=O)C[C@H](C)[C@H]1C[C@H](O)[C@@]2(C)C3=C(C(=O)C[C@]12C)[C@@]1(C)CCC(=O)C(C)(C)[C@@H]1C[C@@H]3O)C(=O)O. The number of rotatable bonds is 6. The van der Waals surface area contributed by atoms with Crippen molar-refractivity contribution >= 4 is 23.3 Å². The van der Waals surface area contributed by atoms with Gasteiger partial charge in [-0.1, -0.05) is 48.5 Å². The number of carboxylic acids is 1. The van der Waals surface area contributed by atoms with Crippen LogP contribution in [0.4, 0.5) is 0 Å². The molecule has 7 heteroatoms. The lowest BCUT2D eigenvalue weighted by Crippen LogP contribution is -2.60. The quantitative estimate of drug-likeness (QED) is 0.484. The molecule has 0 spiro atoms. The van der Waals surface area contributed by atoms with Crippen LogP contribution >= 0.6 is 0 Å². The number of aliphatic carboxylic acids is 1. The van der Waals surface area contributed by atoms with Gasteiger partial charge >= 0.3 is 5.97 Å². The summed E-state index contributed by atoms with van der Waals surface area (Å²) in [6, 6.07) is 0. The van der Waals surface area contributed by atoms with Crippen LogP contribution in [0.25, 0.3) is 0 Å². The first-order valence-corrected chi connectivity index (χ1v) is 13.8. The summed E-state index contributed by atoms with van der Waals surface area (Å²) in [5.41, 5.74) is -1.40. The van der Waals surface area contributed by atoms with Crippen molar-refractivity contribution in [3.63, 3.8) is 0 Å². The molecule has 0 aromatic heterocycles. The van der Waals surface area contributed by atoms with Gasteiger partial charge in [0.2, 0.25) is 0 Å². The highest BCUT2D eigenvalue weighted by Crippen LogP contribution is 2.71. The molecule has 4 aliphatic rings. The number of allylic oxidation sites excluding steroid dienone is 1. The topological polar surface area (TPSA) is 129 Å². The molecule has 206 valence electrons. The molecular weight excluding hydrogens is 472 g/mol. The standard InChI is InChI=1S/C30H44O7/c1-15(10-17(31)11-16(2)26(36)37)18-12-23(35)30(7)25-19(32)13-21-27(3,4)22(34)8-9-28(21,5)24(25)20(33)14-29(18,30)6/h15-16,18-19,21,23,32,35H,8-14H2,1-7H3,(H,36,37)/t15-,16+,18+,19-,21-,23-,28-,29+,30-/m0/s1. The number of Topliss-reactive ketones (excluding diaryl/α,β-unsaturated/α-hetero) is 3. The van der Waals surface area contributed by atoms with E-state index >= 15 is 0 Å². The summed E-state index contributed by atoms with van der Waals surface area (Å²) < 4.78 is 0. The Morgan fingerprint density at radius 2 is 1.62 bits per heavy atom. The van der Waals surface area contributed by atoms with Gasteiger partial charge in [0.15, 0.2) is 5.78 Å². The van der Waals surface area contributed by atoms with Crippen LogP contribution in [0.1, 0.15) is 93.4 Å². The molecule has 0 aliphatic heterocycles. The van der Waals surface area contributed by atoms with E-state index < -0.39 is 45.8 Å². The van der Waals surface area contributed by atoms with Crippen molar-refractivity contribution in [3.05, 3.63) is 11.1 Å². The molecule has 0 heterocycles. The van der Waals surface area contributed by atoms with Crippen LogP contribution in [-0.2, 0) is 19.2 Å². The number of carboxylic acid groups (broad SMARTS) is 1. The molecule has 0 radical (unpaired) electrons. The maximum Gasteiger partial charge on any atom is 0.306 e. The number of ketones is 3. The summed E-state index contributed by atoms with van der Waals surface area (Å²) in [7, 11) is 0. The van der Waals surface area contributed by atoms with Crippen molar-refractivity contribution in [2.24, 2.45) is 45.3 Å². The predicted octanol–water partition coefficient (Wildman–Crippen LogP) is 4.13. The van der Waals surface area contributed by atoms with Gasteiger partial charge in [0.1, 0.15) is 11.6 Å². The Balaban J connectivity index is 1.74. The van der Waals surface area contributed by atoms with Crippen molar-refractivity contribution < 1.29 is 34.5 Å². The Labute approximate surface area is 220 Å². The normalized spacial score (nSPS) is 42.5. The molecule has 4 rings (SSSR count). The minimum Gasteiger partial charge on any atom is -0.481 e. The molecule has 3 N–H and O–H groups in total. The molecule has 0 bridgehead atoms. The Morgan fingerprint density at radius 3 is 2.22 bits per heavy atom. The highest BCUT2D eigenvalue weighted by Gasteiger charge is 2.70. The zero-order valence-corrected chi connectivity index (χ0v) is 23.4. The summed E-state index contributed by atoms with van der Waals surface area (Å²) in [5.74, 6) is -2.17. The second-order valence-electron chi connectivity index (χ2n) is 13.9. The zero-order valence-electron chi connectivity index (χ0n) is 23.4. The molecule has 0 aromatic carbocycles. The molecule has 7 nitrogen and oxygen atoms in total. The Hall–Kier alpha value is -1.86. The van der Waals surface area contributed by atoms with Crippen LogP contribution in [0, 0.1) is 45.3 Å². The lowest BCUT2D eigenvalue weighted by molar-refractivity contribution is -0.146. The second kappa shape index (κ2) is 8.84. The van der Waals surface area contributed by atoms with E-state index in [1.807, 2.05) is 34.6 Å². The van der Waals surface area contributed by atoms with Crippen LogP contribution in [0.15, 0.2) is 11.1 Å². The fraction of sp³-hybridized carbons (Fsp3) is 0.800. The third-order valence-corrected chi connectivity index (χ3v) is 11.6. The van der Waals surface area contributed by atoms with Crippen LogP contribution in [-0.4, -0.2) is 50.8 Å². The number of carbonyl (C=O) groups excluding carboxylic acids is 3. The van der Waals surface area contributed by atoms with Gasteiger partial charge < -0.3 is 15.3 Å². The van der Waals surface area contributed by atoms with E-state index in [4.69, 9.17) is 0 Å². The van der Waals surface area contributed by atoms with Crippen LogP contribution in [0.3, 0.4) is 0 Å². The summed E-state index contributed by atoms with van der Waals surface area (Å²) in [6.07, 6.45) is 0.421. The van der Waals surface area contributed by atoms with E-state index in [9.17, 15) is 34.5 Å².